The van der Waals surface area contributed by atoms with Crippen molar-refractivity contribution in [2.45, 2.75) is 19.8 Å². The van der Waals surface area contributed by atoms with E-state index in [-0.39, 0.29) is 5.92 Å². The van der Waals surface area contributed by atoms with Crippen molar-refractivity contribution in [3.05, 3.63) is 48.0 Å². The maximum absolute atomic E-state index is 8.91. The van der Waals surface area contributed by atoms with Gasteiger partial charge in [-0.2, -0.15) is 5.26 Å². The molecule has 0 fully saturated rings. The summed E-state index contributed by atoms with van der Waals surface area (Å²) in [6.07, 6.45) is 5.85. The van der Waals surface area contributed by atoms with Crippen LogP contribution in [-0.4, -0.2) is 0 Å². The van der Waals surface area contributed by atoms with Gasteiger partial charge in [0.25, 0.3) is 0 Å². The molecule has 14 heavy (non-hydrogen) atoms. The maximum Gasteiger partial charge on any atom is 0.0700 e. The largest absolute Gasteiger partial charge is 0.198 e. The Morgan fingerprint density at radius 1 is 1.36 bits per heavy atom. The first-order valence-corrected chi connectivity index (χ1v) is 4.97. The lowest BCUT2D eigenvalue weighted by molar-refractivity contribution is 0.815. The van der Waals surface area contributed by atoms with E-state index >= 15 is 0 Å². The first-order chi connectivity index (χ1) is 6.86. The van der Waals surface area contributed by atoms with Gasteiger partial charge in [-0.25, -0.2) is 0 Å². The maximum atomic E-state index is 8.91. The van der Waals surface area contributed by atoms with E-state index in [1.807, 2.05) is 24.3 Å². The minimum atomic E-state index is 0.0114. The Hall–Kier alpha value is -1.55. The molecule has 1 nitrogen and oxygen atoms in total. The number of nitrogens with zero attached hydrogens (tertiary/aromatic N) is 1. The van der Waals surface area contributed by atoms with Crippen molar-refractivity contribution in [3.8, 4) is 6.07 Å². The van der Waals surface area contributed by atoms with Crippen molar-refractivity contribution in [2.24, 2.45) is 5.92 Å². The molecule has 0 aliphatic heterocycles. The van der Waals surface area contributed by atoms with E-state index in [9.17, 15) is 0 Å². The molecule has 1 heteroatoms. The van der Waals surface area contributed by atoms with E-state index in [4.69, 9.17) is 5.26 Å². The molecule has 1 aromatic rings. The molecule has 0 aromatic heterocycles. The van der Waals surface area contributed by atoms with Gasteiger partial charge in [0.05, 0.1) is 12.0 Å². The standard InChI is InChI=1S/C13H15N/c1-2-3-7-13(11-14)10-12-8-5-4-6-9-12/h3-9,13H,2,10H2,1H3. The van der Waals surface area contributed by atoms with Gasteiger partial charge in [-0.05, 0) is 18.4 Å². The molecular weight excluding hydrogens is 170 g/mol. The van der Waals surface area contributed by atoms with Crippen LogP contribution in [0.15, 0.2) is 42.5 Å². The summed E-state index contributed by atoms with van der Waals surface area (Å²) in [6.45, 7) is 2.08. The Labute approximate surface area is 85.7 Å². The lowest BCUT2D eigenvalue weighted by Crippen LogP contribution is -1.97. The Morgan fingerprint density at radius 3 is 2.64 bits per heavy atom. The molecule has 1 atom stereocenters. The number of hydrogen-bond acceptors (Lipinski definition) is 1. The van der Waals surface area contributed by atoms with E-state index in [1.54, 1.807) is 0 Å². The lowest BCUT2D eigenvalue weighted by Gasteiger charge is -2.03. The molecule has 0 radical (unpaired) electrons. The van der Waals surface area contributed by atoms with Gasteiger partial charge in [0.15, 0.2) is 0 Å². The zero-order valence-corrected chi connectivity index (χ0v) is 8.48. The van der Waals surface area contributed by atoms with Crippen molar-refractivity contribution in [2.75, 3.05) is 0 Å². The van der Waals surface area contributed by atoms with Gasteiger partial charge < -0.3 is 0 Å². The SMILES string of the molecule is CCC=CC(C#N)Cc1ccccc1. The van der Waals surface area contributed by atoms with Crippen molar-refractivity contribution in [1.82, 2.24) is 0 Å². The zero-order chi connectivity index (χ0) is 10.2. The molecule has 0 aliphatic carbocycles. The average Bonchev–Trinajstić information content (AvgIpc) is 2.25. The first-order valence-electron chi connectivity index (χ1n) is 4.97. The second kappa shape index (κ2) is 5.99. The lowest BCUT2D eigenvalue weighted by atomic mass is 10.0. The molecule has 1 aromatic carbocycles. The molecule has 0 amide bonds. The molecule has 72 valence electrons. The summed E-state index contributed by atoms with van der Waals surface area (Å²) >= 11 is 0. The van der Waals surface area contributed by atoms with Crippen LogP contribution >= 0.6 is 0 Å². The van der Waals surface area contributed by atoms with Crippen molar-refractivity contribution in [3.63, 3.8) is 0 Å². The average molecular weight is 185 g/mol. The van der Waals surface area contributed by atoms with E-state index in [1.165, 1.54) is 5.56 Å². The number of allylic oxidation sites excluding steroid dienone is 2. The molecule has 0 saturated heterocycles. The van der Waals surface area contributed by atoms with Crippen LogP contribution in [0.25, 0.3) is 0 Å². The highest BCUT2D eigenvalue weighted by Crippen LogP contribution is 2.09. The Kier molecular flexibility index (Phi) is 4.50. The van der Waals surface area contributed by atoms with Gasteiger partial charge in [-0.3, -0.25) is 0 Å². The van der Waals surface area contributed by atoms with Crippen LogP contribution < -0.4 is 0 Å². The van der Waals surface area contributed by atoms with E-state index in [0.29, 0.717) is 0 Å². The predicted octanol–water partition coefficient (Wildman–Crippen LogP) is 3.34. The van der Waals surface area contributed by atoms with Crippen LogP contribution in [0.5, 0.6) is 0 Å². The second-order valence-electron chi connectivity index (χ2n) is 3.26. The third-order valence-electron chi connectivity index (χ3n) is 2.07. The van der Waals surface area contributed by atoms with Crippen molar-refractivity contribution in [1.29, 1.82) is 5.26 Å². The fraction of sp³-hybridized carbons (Fsp3) is 0.308. The number of rotatable bonds is 4. The van der Waals surface area contributed by atoms with Gasteiger partial charge in [-0.15, -0.1) is 0 Å². The van der Waals surface area contributed by atoms with Gasteiger partial charge in [0, 0.05) is 0 Å². The number of hydrogen-bond donors (Lipinski definition) is 0. The fourth-order valence-electron chi connectivity index (χ4n) is 1.33. The number of nitriles is 1. The minimum Gasteiger partial charge on any atom is -0.198 e. The van der Waals surface area contributed by atoms with E-state index in [0.717, 1.165) is 12.8 Å². The molecule has 0 heterocycles. The quantitative estimate of drug-likeness (QED) is 0.660. The third kappa shape index (κ3) is 3.45. The van der Waals surface area contributed by atoms with Crippen molar-refractivity contribution < 1.29 is 0 Å². The van der Waals surface area contributed by atoms with Crippen LogP contribution in [0.3, 0.4) is 0 Å². The van der Waals surface area contributed by atoms with Crippen LogP contribution in [0.1, 0.15) is 18.9 Å². The zero-order valence-electron chi connectivity index (χ0n) is 8.48. The molecule has 1 unspecified atom stereocenters. The molecule has 0 saturated carbocycles. The Bertz CT molecular complexity index is 319. The summed E-state index contributed by atoms with van der Waals surface area (Å²) in [4.78, 5) is 0. The van der Waals surface area contributed by atoms with Gasteiger partial charge >= 0.3 is 0 Å². The smallest absolute Gasteiger partial charge is 0.0700 e. The van der Waals surface area contributed by atoms with Gasteiger partial charge in [0.2, 0.25) is 0 Å². The summed E-state index contributed by atoms with van der Waals surface area (Å²) in [5.41, 5.74) is 1.22. The van der Waals surface area contributed by atoms with Crippen molar-refractivity contribution >= 4 is 0 Å². The summed E-state index contributed by atoms with van der Waals surface area (Å²) in [7, 11) is 0. The highest BCUT2D eigenvalue weighted by molar-refractivity contribution is 5.18. The summed E-state index contributed by atoms with van der Waals surface area (Å²) in [6, 6.07) is 12.4. The van der Waals surface area contributed by atoms with Gasteiger partial charge in [0.1, 0.15) is 0 Å². The van der Waals surface area contributed by atoms with Crippen LogP contribution in [0.4, 0.5) is 0 Å². The Morgan fingerprint density at radius 2 is 2.07 bits per heavy atom. The topological polar surface area (TPSA) is 23.8 Å². The molecule has 1 rings (SSSR count). The first kappa shape index (κ1) is 10.5. The third-order valence-corrected chi connectivity index (χ3v) is 2.07. The normalized spacial score (nSPS) is 12.6. The summed E-state index contributed by atoms with van der Waals surface area (Å²) in [5.74, 6) is 0.0114. The van der Waals surface area contributed by atoms with E-state index < -0.39 is 0 Å². The van der Waals surface area contributed by atoms with Gasteiger partial charge in [-0.1, -0.05) is 49.4 Å². The monoisotopic (exact) mass is 185 g/mol. The van der Waals surface area contributed by atoms with Crippen LogP contribution in [0, 0.1) is 17.2 Å². The number of benzene rings is 1. The second-order valence-corrected chi connectivity index (χ2v) is 3.26. The van der Waals surface area contributed by atoms with E-state index in [2.05, 4.69) is 31.2 Å². The molecular formula is C13H15N. The van der Waals surface area contributed by atoms with Crippen LogP contribution in [0.2, 0.25) is 0 Å². The molecule has 0 N–H and O–H groups in total. The molecule has 0 aliphatic rings. The fourth-order valence-corrected chi connectivity index (χ4v) is 1.33. The highest BCUT2D eigenvalue weighted by atomic mass is 14.3. The minimum absolute atomic E-state index is 0.0114. The summed E-state index contributed by atoms with van der Waals surface area (Å²) < 4.78 is 0. The predicted molar refractivity (Wildman–Crippen MR) is 58.7 cm³/mol. The van der Waals surface area contributed by atoms with Crippen LogP contribution in [-0.2, 0) is 6.42 Å². The molecule has 0 bridgehead atoms. The highest BCUT2D eigenvalue weighted by Gasteiger charge is 2.02. The Balaban J connectivity index is 2.58. The summed E-state index contributed by atoms with van der Waals surface area (Å²) in [5, 5.41) is 8.91. The molecule has 0 spiro atoms.